The molecule has 2 aromatic heterocycles. The van der Waals surface area contributed by atoms with Crippen LogP contribution < -0.4 is 16.0 Å². The maximum atomic E-state index is 13.0. The average Bonchev–Trinajstić information content (AvgIpc) is 3.25. The molecule has 3 rings (SSSR count). The highest BCUT2D eigenvalue weighted by molar-refractivity contribution is 5.97. The molecule has 3 heterocycles. The molecule has 0 saturated heterocycles. The fraction of sp³-hybridized carbons (Fsp3) is 0.500. The Labute approximate surface area is 152 Å². The van der Waals surface area contributed by atoms with Gasteiger partial charge in [-0.05, 0) is 11.5 Å². The Hall–Kier alpha value is -2.61. The van der Waals surface area contributed by atoms with Crippen LogP contribution in [0.5, 0.6) is 0 Å². The summed E-state index contributed by atoms with van der Waals surface area (Å²) in [5.41, 5.74) is 1.55. The van der Waals surface area contributed by atoms with E-state index in [1.807, 2.05) is 31.4 Å². The Kier molecular flexibility index (Phi) is 4.86. The molecule has 1 aliphatic rings. The second kappa shape index (κ2) is 6.95. The normalized spacial score (nSPS) is 15.2. The van der Waals surface area contributed by atoms with Crippen LogP contribution in [0.1, 0.15) is 37.0 Å². The number of likely N-dealkylation sites (N-methyl/N-ethyl adjacent to an activating group) is 1. The smallest absolute Gasteiger partial charge is 0.272 e. The van der Waals surface area contributed by atoms with Gasteiger partial charge in [-0.1, -0.05) is 20.8 Å². The lowest BCUT2D eigenvalue weighted by Gasteiger charge is -2.29. The third-order valence-electron chi connectivity index (χ3n) is 4.52. The van der Waals surface area contributed by atoms with Gasteiger partial charge in [0.15, 0.2) is 5.69 Å². The molecule has 26 heavy (non-hydrogen) atoms. The van der Waals surface area contributed by atoms with Gasteiger partial charge in [-0.2, -0.15) is 0 Å². The van der Waals surface area contributed by atoms with Crippen molar-refractivity contribution in [3.05, 3.63) is 30.0 Å². The van der Waals surface area contributed by atoms with E-state index in [1.165, 1.54) is 0 Å². The monoisotopic (exact) mass is 359 g/mol. The highest BCUT2D eigenvalue weighted by Crippen LogP contribution is 2.26. The molecule has 2 aromatic rings. The largest absolute Gasteiger partial charge is 0.472 e. The van der Waals surface area contributed by atoms with E-state index in [1.54, 1.807) is 19.6 Å². The van der Waals surface area contributed by atoms with Crippen molar-refractivity contribution in [3.8, 4) is 11.4 Å². The molecule has 8 heteroatoms. The van der Waals surface area contributed by atoms with Crippen molar-refractivity contribution < 1.29 is 14.0 Å². The van der Waals surface area contributed by atoms with Gasteiger partial charge in [0.25, 0.3) is 5.91 Å². The van der Waals surface area contributed by atoms with Gasteiger partial charge in [-0.25, -0.2) is 4.98 Å². The van der Waals surface area contributed by atoms with Gasteiger partial charge in [0.1, 0.15) is 18.1 Å². The summed E-state index contributed by atoms with van der Waals surface area (Å²) in [6, 6.07) is 1.16. The number of carbonyl (C=O) groups is 2. The van der Waals surface area contributed by atoms with E-state index in [4.69, 9.17) is 4.42 Å². The molecule has 0 radical (unpaired) electrons. The number of nitrogens with zero attached hydrogens (tertiary/aromatic N) is 2. The molecular weight excluding hydrogens is 334 g/mol. The quantitative estimate of drug-likeness (QED) is 0.760. The molecule has 1 aliphatic heterocycles. The first-order valence-electron chi connectivity index (χ1n) is 8.68. The number of carbonyl (C=O) groups excluding carboxylic acids is 2. The molecule has 0 spiro atoms. The second-order valence-electron chi connectivity index (χ2n) is 7.46. The topological polar surface area (TPSA) is 101 Å². The van der Waals surface area contributed by atoms with Crippen molar-refractivity contribution in [1.82, 2.24) is 25.5 Å². The molecule has 0 aliphatic carbocycles. The fourth-order valence-corrected chi connectivity index (χ4v) is 3.12. The summed E-state index contributed by atoms with van der Waals surface area (Å²) in [7, 11) is 1.56. The van der Waals surface area contributed by atoms with Gasteiger partial charge >= 0.3 is 0 Å². The minimum Gasteiger partial charge on any atom is -0.472 e. The number of rotatable bonds is 4. The lowest BCUT2D eigenvalue weighted by Crippen LogP contribution is -2.53. The summed E-state index contributed by atoms with van der Waals surface area (Å²) in [6.07, 6.45) is 3.20. The lowest BCUT2D eigenvalue weighted by molar-refractivity contribution is -0.124. The van der Waals surface area contributed by atoms with Crippen LogP contribution in [0.3, 0.4) is 0 Å². The van der Waals surface area contributed by atoms with E-state index < -0.39 is 11.5 Å². The molecule has 0 saturated carbocycles. The van der Waals surface area contributed by atoms with Crippen LogP contribution in [-0.2, 0) is 17.9 Å². The predicted octanol–water partition coefficient (Wildman–Crippen LogP) is 1.14. The van der Waals surface area contributed by atoms with Crippen molar-refractivity contribution >= 4 is 11.8 Å². The van der Waals surface area contributed by atoms with Gasteiger partial charge in [-0.15, -0.1) is 0 Å². The SMILES string of the molecule is CNC(=O)[C@@H](NC(=O)c1nc(-c2ccoc2)n2c1CNCC2)C(C)(C)C. The summed E-state index contributed by atoms with van der Waals surface area (Å²) in [6.45, 7) is 7.80. The molecule has 0 fully saturated rings. The number of furan rings is 1. The number of nitrogens with one attached hydrogen (secondary N) is 3. The molecule has 0 unspecified atom stereocenters. The molecule has 0 bridgehead atoms. The predicted molar refractivity (Wildman–Crippen MR) is 96.4 cm³/mol. The van der Waals surface area contributed by atoms with E-state index >= 15 is 0 Å². The summed E-state index contributed by atoms with van der Waals surface area (Å²) in [5, 5.41) is 8.74. The molecule has 140 valence electrons. The minimum absolute atomic E-state index is 0.230. The minimum atomic E-state index is -0.661. The Morgan fingerprint density at radius 2 is 2.15 bits per heavy atom. The van der Waals surface area contributed by atoms with Gasteiger partial charge in [-0.3, -0.25) is 9.59 Å². The number of hydrogen-bond acceptors (Lipinski definition) is 5. The number of amides is 2. The first kappa shape index (κ1) is 18.2. The summed E-state index contributed by atoms with van der Waals surface area (Å²) in [4.78, 5) is 29.8. The van der Waals surface area contributed by atoms with Gasteiger partial charge in [0, 0.05) is 26.7 Å². The Bertz CT molecular complexity index is 802. The zero-order valence-corrected chi connectivity index (χ0v) is 15.5. The standard InChI is InChI=1S/C18H25N5O3/c1-18(2,3)14(17(25)19-4)22-16(24)13-12-9-20-6-7-23(12)15(21-13)11-5-8-26-10-11/h5,8,10,14,20H,6-7,9H2,1-4H3,(H,19,25)(H,22,24)/t14-/m1/s1. The lowest BCUT2D eigenvalue weighted by atomic mass is 9.86. The second-order valence-corrected chi connectivity index (χ2v) is 7.46. The highest BCUT2D eigenvalue weighted by Gasteiger charge is 2.34. The van der Waals surface area contributed by atoms with Gasteiger partial charge in [0.2, 0.25) is 5.91 Å². The van der Waals surface area contributed by atoms with Crippen LogP contribution in [0, 0.1) is 5.41 Å². The van der Waals surface area contributed by atoms with Gasteiger partial charge < -0.3 is 24.9 Å². The maximum absolute atomic E-state index is 13.0. The molecular formula is C18H25N5O3. The van der Waals surface area contributed by atoms with E-state index in [2.05, 4.69) is 20.9 Å². The van der Waals surface area contributed by atoms with E-state index in [-0.39, 0.29) is 11.8 Å². The van der Waals surface area contributed by atoms with Crippen molar-refractivity contribution in [2.45, 2.75) is 39.9 Å². The first-order chi connectivity index (χ1) is 12.3. The third-order valence-corrected chi connectivity index (χ3v) is 4.52. The van der Waals surface area contributed by atoms with Crippen molar-refractivity contribution in [2.24, 2.45) is 5.41 Å². The molecule has 2 amide bonds. The van der Waals surface area contributed by atoms with Crippen LogP contribution >= 0.6 is 0 Å². The fourth-order valence-electron chi connectivity index (χ4n) is 3.12. The number of fused-ring (bicyclic) bond motifs is 1. The maximum Gasteiger partial charge on any atom is 0.272 e. The van der Waals surface area contributed by atoms with Crippen molar-refractivity contribution in [1.29, 1.82) is 0 Å². The van der Waals surface area contributed by atoms with Gasteiger partial charge in [0.05, 0.1) is 17.5 Å². The average molecular weight is 359 g/mol. The molecule has 3 N–H and O–H groups in total. The highest BCUT2D eigenvalue weighted by atomic mass is 16.3. The van der Waals surface area contributed by atoms with Crippen LogP contribution in [0.15, 0.2) is 23.0 Å². The molecule has 8 nitrogen and oxygen atoms in total. The zero-order chi connectivity index (χ0) is 18.9. The first-order valence-corrected chi connectivity index (χ1v) is 8.68. The zero-order valence-electron chi connectivity index (χ0n) is 15.5. The van der Waals surface area contributed by atoms with E-state index in [9.17, 15) is 9.59 Å². The Morgan fingerprint density at radius 1 is 1.38 bits per heavy atom. The Morgan fingerprint density at radius 3 is 2.77 bits per heavy atom. The molecule has 1 atom stereocenters. The van der Waals surface area contributed by atoms with E-state index in [0.29, 0.717) is 24.6 Å². The van der Waals surface area contributed by atoms with Crippen molar-refractivity contribution in [3.63, 3.8) is 0 Å². The summed E-state index contributed by atoms with van der Waals surface area (Å²) in [5.74, 6) is 0.121. The number of aromatic nitrogens is 2. The molecule has 0 aromatic carbocycles. The third kappa shape index (κ3) is 3.37. The van der Waals surface area contributed by atoms with Crippen molar-refractivity contribution in [2.75, 3.05) is 13.6 Å². The van der Waals surface area contributed by atoms with E-state index in [0.717, 1.165) is 17.8 Å². The Balaban J connectivity index is 1.96. The number of hydrogen-bond donors (Lipinski definition) is 3. The van der Waals surface area contributed by atoms with Crippen LogP contribution in [0.25, 0.3) is 11.4 Å². The van der Waals surface area contributed by atoms with Crippen LogP contribution in [0.2, 0.25) is 0 Å². The summed E-state index contributed by atoms with van der Waals surface area (Å²) >= 11 is 0. The number of imidazole rings is 1. The van der Waals surface area contributed by atoms with Crippen LogP contribution in [-0.4, -0.2) is 41.0 Å². The summed E-state index contributed by atoms with van der Waals surface area (Å²) < 4.78 is 7.19. The van der Waals surface area contributed by atoms with Crippen LogP contribution in [0.4, 0.5) is 0 Å².